The molecule has 0 spiro atoms. The Morgan fingerprint density at radius 1 is 1.27 bits per heavy atom. The van der Waals surface area contributed by atoms with E-state index in [1.807, 2.05) is 7.05 Å². The average molecular weight is 226 g/mol. The number of hydrogen-bond donors (Lipinski definition) is 1. The maximum Gasteiger partial charge on any atom is 0.401 e. The molecule has 0 aliphatic carbocycles. The number of rotatable bonds is 7. The Kier molecular flexibility index (Phi) is 6.92. The molecular weight excluding hydrogens is 205 g/mol. The van der Waals surface area contributed by atoms with Crippen molar-refractivity contribution in [3.8, 4) is 0 Å². The lowest BCUT2D eigenvalue weighted by Crippen LogP contribution is -2.31. The van der Waals surface area contributed by atoms with Gasteiger partial charge in [-0.15, -0.1) is 0 Å². The molecule has 15 heavy (non-hydrogen) atoms. The van der Waals surface area contributed by atoms with Crippen molar-refractivity contribution in [2.45, 2.75) is 38.4 Å². The number of unbranched alkanes of at least 4 members (excludes halogenated alkanes) is 1. The highest BCUT2D eigenvalue weighted by Crippen LogP contribution is 2.15. The molecule has 0 aromatic rings. The molecule has 0 aliphatic heterocycles. The SMILES string of the molecule is CNC(C)CCCCN(C)CC(F)(F)F. The van der Waals surface area contributed by atoms with Gasteiger partial charge in [-0.3, -0.25) is 4.90 Å². The van der Waals surface area contributed by atoms with E-state index in [9.17, 15) is 13.2 Å². The second-order valence-electron chi connectivity index (χ2n) is 4.04. The number of halogens is 3. The Hall–Kier alpha value is -0.290. The van der Waals surface area contributed by atoms with Crippen LogP contribution in [-0.4, -0.2) is 44.3 Å². The Morgan fingerprint density at radius 2 is 1.87 bits per heavy atom. The first-order valence-electron chi connectivity index (χ1n) is 5.27. The normalized spacial score (nSPS) is 14.6. The Labute approximate surface area is 89.8 Å². The monoisotopic (exact) mass is 226 g/mol. The van der Waals surface area contributed by atoms with E-state index >= 15 is 0 Å². The van der Waals surface area contributed by atoms with Gasteiger partial charge in [-0.25, -0.2) is 0 Å². The lowest BCUT2D eigenvalue weighted by atomic mass is 10.1. The molecule has 5 heteroatoms. The summed E-state index contributed by atoms with van der Waals surface area (Å²) in [4.78, 5) is 1.32. The summed E-state index contributed by atoms with van der Waals surface area (Å²) in [6, 6.07) is 0.443. The van der Waals surface area contributed by atoms with E-state index in [4.69, 9.17) is 0 Å². The van der Waals surface area contributed by atoms with Crippen molar-refractivity contribution < 1.29 is 13.2 Å². The third-order valence-electron chi connectivity index (χ3n) is 2.37. The standard InChI is InChI=1S/C10H21F3N2/c1-9(14-2)6-4-5-7-15(3)8-10(11,12)13/h9,14H,4-8H2,1-3H3. The van der Waals surface area contributed by atoms with Crippen LogP contribution in [0.15, 0.2) is 0 Å². The fourth-order valence-corrected chi connectivity index (χ4v) is 1.36. The molecule has 0 rings (SSSR count). The van der Waals surface area contributed by atoms with Crippen molar-refractivity contribution in [3.05, 3.63) is 0 Å². The maximum atomic E-state index is 11.9. The molecule has 0 heterocycles. The van der Waals surface area contributed by atoms with Gasteiger partial charge in [-0.05, 0) is 40.4 Å². The highest BCUT2D eigenvalue weighted by Gasteiger charge is 2.28. The maximum absolute atomic E-state index is 11.9. The summed E-state index contributed by atoms with van der Waals surface area (Å²) >= 11 is 0. The summed E-state index contributed by atoms with van der Waals surface area (Å²) < 4.78 is 35.8. The smallest absolute Gasteiger partial charge is 0.317 e. The minimum absolute atomic E-state index is 0.443. The van der Waals surface area contributed by atoms with Crippen LogP contribution in [0, 0.1) is 0 Å². The Bertz CT molecular complexity index is 159. The third-order valence-corrected chi connectivity index (χ3v) is 2.37. The van der Waals surface area contributed by atoms with E-state index in [2.05, 4.69) is 12.2 Å². The molecule has 0 amide bonds. The molecular formula is C10H21F3N2. The quantitative estimate of drug-likeness (QED) is 0.670. The van der Waals surface area contributed by atoms with Crippen molar-refractivity contribution in [2.24, 2.45) is 0 Å². The van der Waals surface area contributed by atoms with Crippen molar-refractivity contribution >= 4 is 0 Å². The molecule has 1 unspecified atom stereocenters. The number of alkyl halides is 3. The van der Waals surface area contributed by atoms with Gasteiger partial charge in [0, 0.05) is 6.04 Å². The van der Waals surface area contributed by atoms with Crippen LogP contribution < -0.4 is 5.32 Å². The molecule has 0 saturated heterocycles. The number of hydrogen-bond acceptors (Lipinski definition) is 2. The zero-order valence-electron chi connectivity index (χ0n) is 9.69. The Balaban J connectivity index is 3.43. The number of nitrogens with one attached hydrogen (secondary N) is 1. The van der Waals surface area contributed by atoms with E-state index in [-0.39, 0.29) is 0 Å². The fourth-order valence-electron chi connectivity index (χ4n) is 1.36. The van der Waals surface area contributed by atoms with Crippen molar-refractivity contribution in [2.75, 3.05) is 27.2 Å². The van der Waals surface area contributed by atoms with Crippen molar-refractivity contribution in [1.82, 2.24) is 10.2 Å². The summed E-state index contributed by atoms with van der Waals surface area (Å²) in [5, 5.41) is 3.10. The molecule has 0 radical (unpaired) electrons. The predicted octanol–water partition coefficient (Wildman–Crippen LogP) is 2.26. The molecule has 0 saturated carbocycles. The van der Waals surface area contributed by atoms with Gasteiger partial charge in [-0.1, -0.05) is 6.42 Å². The fraction of sp³-hybridized carbons (Fsp3) is 1.00. The van der Waals surface area contributed by atoms with Crippen LogP contribution in [0.3, 0.4) is 0 Å². The van der Waals surface area contributed by atoms with Gasteiger partial charge >= 0.3 is 6.18 Å². The van der Waals surface area contributed by atoms with Crippen LogP contribution >= 0.6 is 0 Å². The van der Waals surface area contributed by atoms with Gasteiger partial charge in [-0.2, -0.15) is 13.2 Å². The first kappa shape index (κ1) is 14.7. The lowest BCUT2D eigenvalue weighted by Gasteiger charge is -2.18. The van der Waals surface area contributed by atoms with Crippen LogP contribution in [0.25, 0.3) is 0 Å². The molecule has 1 atom stereocenters. The molecule has 0 fully saturated rings. The topological polar surface area (TPSA) is 15.3 Å². The van der Waals surface area contributed by atoms with Crippen molar-refractivity contribution in [3.63, 3.8) is 0 Å². The van der Waals surface area contributed by atoms with Gasteiger partial charge in [0.2, 0.25) is 0 Å². The highest BCUT2D eigenvalue weighted by atomic mass is 19.4. The molecule has 0 aromatic carbocycles. The summed E-state index contributed by atoms with van der Waals surface area (Å²) in [5.41, 5.74) is 0. The third kappa shape index (κ3) is 10.0. The number of nitrogens with zero attached hydrogens (tertiary/aromatic N) is 1. The lowest BCUT2D eigenvalue weighted by molar-refractivity contribution is -0.143. The van der Waals surface area contributed by atoms with E-state index in [0.29, 0.717) is 12.6 Å². The highest BCUT2D eigenvalue weighted by molar-refractivity contribution is 4.61. The molecule has 0 bridgehead atoms. The molecule has 1 N–H and O–H groups in total. The predicted molar refractivity (Wildman–Crippen MR) is 55.9 cm³/mol. The first-order valence-corrected chi connectivity index (χ1v) is 5.27. The van der Waals surface area contributed by atoms with E-state index in [1.54, 1.807) is 0 Å². The second-order valence-corrected chi connectivity index (χ2v) is 4.04. The summed E-state index contributed by atoms with van der Waals surface area (Å²) in [5.74, 6) is 0. The van der Waals surface area contributed by atoms with Crippen LogP contribution in [-0.2, 0) is 0 Å². The largest absolute Gasteiger partial charge is 0.401 e. The van der Waals surface area contributed by atoms with Gasteiger partial charge < -0.3 is 5.32 Å². The summed E-state index contributed by atoms with van der Waals surface area (Å²) in [7, 11) is 3.40. The average Bonchev–Trinajstić information content (AvgIpc) is 2.09. The van der Waals surface area contributed by atoms with Gasteiger partial charge in [0.15, 0.2) is 0 Å². The van der Waals surface area contributed by atoms with E-state index in [1.165, 1.54) is 11.9 Å². The molecule has 92 valence electrons. The van der Waals surface area contributed by atoms with Gasteiger partial charge in [0.1, 0.15) is 0 Å². The van der Waals surface area contributed by atoms with Crippen molar-refractivity contribution in [1.29, 1.82) is 0 Å². The molecule has 2 nitrogen and oxygen atoms in total. The van der Waals surface area contributed by atoms with Crippen LogP contribution in [0.2, 0.25) is 0 Å². The molecule has 0 aromatic heterocycles. The minimum atomic E-state index is -4.08. The minimum Gasteiger partial charge on any atom is -0.317 e. The summed E-state index contributed by atoms with van der Waals surface area (Å²) in [6.07, 6.45) is -1.29. The first-order chi connectivity index (χ1) is 6.85. The summed E-state index contributed by atoms with van der Waals surface area (Å²) in [6.45, 7) is 1.77. The zero-order valence-corrected chi connectivity index (χ0v) is 9.69. The zero-order chi connectivity index (χ0) is 11.9. The van der Waals surface area contributed by atoms with Gasteiger partial charge in [0.25, 0.3) is 0 Å². The second kappa shape index (κ2) is 7.06. The van der Waals surface area contributed by atoms with E-state index in [0.717, 1.165) is 19.3 Å². The Morgan fingerprint density at radius 3 is 2.33 bits per heavy atom. The van der Waals surface area contributed by atoms with Crippen LogP contribution in [0.4, 0.5) is 13.2 Å². The van der Waals surface area contributed by atoms with Gasteiger partial charge in [0.05, 0.1) is 6.54 Å². The molecule has 0 aliphatic rings. The van der Waals surface area contributed by atoms with Crippen LogP contribution in [0.5, 0.6) is 0 Å². The van der Waals surface area contributed by atoms with E-state index < -0.39 is 12.7 Å². The van der Waals surface area contributed by atoms with Crippen LogP contribution in [0.1, 0.15) is 26.2 Å².